The summed E-state index contributed by atoms with van der Waals surface area (Å²) in [6, 6.07) is 9.69. The highest BCUT2D eigenvalue weighted by Gasteiger charge is 2.28. The van der Waals surface area contributed by atoms with Gasteiger partial charge in [-0.25, -0.2) is 4.68 Å². The lowest BCUT2D eigenvalue weighted by Gasteiger charge is -2.32. The minimum absolute atomic E-state index is 0.135. The summed E-state index contributed by atoms with van der Waals surface area (Å²) >= 11 is 0. The summed E-state index contributed by atoms with van der Waals surface area (Å²) in [6.07, 6.45) is 4.12. The van der Waals surface area contributed by atoms with Crippen LogP contribution >= 0.6 is 0 Å². The molecule has 5 rings (SSSR count). The van der Waals surface area contributed by atoms with E-state index in [1.165, 1.54) is 0 Å². The SMILES string of the molecule is Cc1cc(-c2cn[nH]c2[C@@H]2CCCN(C(=O)CCn3nnc4ccccc43)C2)on1. The number of carbonyl (C=O) groups excluding carboxylic acids is 1. The lowest BCUT2D eigenvalue weighted by atomic mass is 9.91. The van der Waals surface area contributed by atoms with E-state index in [9.17, 15) is 4.79 Å². The second kappa shape index (κ2) is 7.74. The number of carbonyl (C=O) groups is 1. The fourth-order valence-corrected chi connectivity index (χ4v) is 4.18. The molecule has 0 spiro atoms. The third kappa shape index (κ3) is 3.47. The molecule has 0 radical (unpaired) electrons. The third-order valence-electron chi connectivity index (χ3n) is 5.70. The van der Waals surface area contributed by atoms with E-state index in [2.05, 4.69) is 25.7 Å². The van der Waals surface area contributed by atoms with E-state index in [4.69, 9.17) is 4.52 Å². The maximum Gasteiger partial charge on any atom is 0.224 e. The molecule has 1 atom stereocenters. The van der Waals surface area contributed by atoms with Crippen LogP contribution < -0.4 is 0 Å². The Kier molecular flexibility index (Phi) is 4.78. The van der Waals surface area contributed by atoms with Crippen LogP contribution in [0.4, 0.5) is 0 Å². The van der Waals surface area contributed by atoms with Gasteiger partial charge in [0.15, 0.2) is 5.76 Å². The molecule has 9 heteroatoms. The van der Waals surface area contributed by atoms with E-state index < -0.39 is 0 Å². The van der Waals surface area contributed by atoms with E-state index in [1.54, 1.807) is 10.9 Å². The topological polar surface area (TPSA) is 106 Å². The second-order valence-corrected chi connectivity index (χ2v) is 7.76. The van der Waals surface area contributed by atoms with Crippen LogP contribution in [0.5, 0.6) is 0 Å². The quantitative estimate of drug-likeness (QED) is 0.547. The molecule has 9 nitrogen and oxygen atoms in total. The number of para-hydroxylation sites is 1. The summed E-state index contributed by atoms with van der Waals surface area (Å²) in [4.78, 5) is 14.9. The van der Waals surface area contributed by atoms with Crippen molar-refractivity contribution in [1.29, 1.82) is 0 Å². The van der Waals surface area contributed by atoms with E-state index in [1.807, 2.05) is 42.2 Å². The Labute approximate surface area is 173 Å². The molecule has 1 N–H and O–H groups in total. The van der Waals surface area contributed by atoms with Gasteiger partial charge in [0.25, 0.3) is 0 Å². The first kappa shape index (κ1) is 18.5. The molecule has 1 aliphatic rings. The summed E-state index contributed by atoms with van der Waals surface area (Å²) in [6.45, 7) is 3.86. The number of hydrogen-bond acceptors (Lipinski definition) is 6. The fourth-order valence-electron chi connectivity index (χ4n) is 4.18. The molecule has 4 heterocycles. The number of rotatable bonds is 5. The molecule has 0 saturated carbocycles. The molecule has 1 aliphatic heterocycles. The Balaban J connectivity index is 1.27. The van der Waals surface area contributed by atoms with E-state index in [0.29, 0.717) is 25.3 Å². The van der Waals surface area contributed by atoms with Crippen LogP contribution in [0.15, 0.2) is 41.1 Å². The molecule has 1 fully saturated rings. The third-order valence-corrected chi connectivity index (χ3v) is 5.70. The molecular formula is C21H23N7O2. The Morgan fingerprint density at radius 2 is 2.23 bits per heavy atom. The standard InChI is InChI=1S/C21H23N7O2/c1-14-11-19(30-25-14)16-12-22-24-21(16)15-5-4-9-27(13-15)20(29)8-10-28-18-7-3-2-6-17(18)23-26-28/h2-3,6-7,11-12,15H,4-5,8-10,13H2,1H3,(H,22,24)/t15-/m1/s1. The summed E-state index contributed by atoms with van der Waals surface area (Å²) in [5.74, 6) is 1.03. The number of likely N-dealkylation sites (tertiary alicyclic amines) is 1. The Bertz CT molecular complexity index is 1170. The number of hydrogen-bond donors (Lipinski definition) is 1. The lowest BCUT2D eigenvalue weighted by Crippen LogP contribution is -2.39. The molecule has 1 aromatic carbocycles. The predicted molar refractivity (Wildman–Crippen MR) is 110 cm³/mol. The molecule has 1 amide bonds. The highest BCUT2D eigenvalue weighted by atomic mass is 16.5. The minimum Gasteiger partial charge on any atom is -0.356 e. The number of aromatic amines is 1. The van der Waals surface area contributed by atoms with Crippen molar-refractivity contribution in [3.8, 4) is 11.3 Å². The van der Waals surface area contributed by atoms with Gasteiger partial charge >= 0.3 is 0 Å². The number of nitrogens with zero attached hydrogens (tertiary/aromatic N) is 6. The number of nitrogens with one attached hydrogen (secondary N) is 1. The van der Waals surface area contributed by atoms with Crippen LogP contribution in [0.2, 0.25) is 0 Å². The van der Waals surface area contributed by atoms with Gasteiger partial charge in [0.1, 0.15) is 5.52 Å². The maximum atomic E-state index is 12.9. The van der Waals surface area contributed by atoms with E-state index in [-0.39, 0.29) is 11.8 Å². The number of fused-ring (bicyclic) bond motifs is 1. The first-order valence-electron chi connectivity index (χ1n) is 10.2. The number of aromatic nitrogens is 6. The number of H-pyrrole nitrogens is 1. The molecule has 3 aromatic heterocycles. The van der Waals surface area contributed by atoms with Gasteiger partial charge in [0.2, 0.25) is 5.91 Å². The molecule has 30 heavy (non-hydrogen) atoms. The maximum absolute atomic E-state index is 12.9. The Hall–Kier alpha value is -3.49. The van der Waals surface area contributed by atoms with Gasteiger partial charge < -0.3 is 9.42 Å². The summed E-state index contributed by atoms with van der Waals surface area (Å²) in [5.41, 5.74) is 4.55. The molecule has 154 valence electrons. The number of benzene rings is 1. The summed E-state index contributed by atoms with van der Waals surface area (Å²) in [5, 5.41) is 19.7. The molecule has 4 aromatic rings. The zero-order chi connectivity index (χ0) is 20.5. The van der Waals surface area contributed by atoms with Crippen molar-refractivity contribution in [2.75, 3.05) is 13.1 Å². The average Bonchev–Trinajstić information content (AvgIpc) is 3.51. The van der Waals surface area contributed by atoms with Gasteiger partial charge in [-0.2, -0.15) is 5.10 Å². The fraction of sp³-hybridized carbons (Fsp3) is 0.381. The van der Waals surface area contributed by atoms with Crippen LogP contribution in [-0.4, -0.2) is 54.2 Å². The van der Waals surface area contributed by atoms with Crippen molar-refractivity contribution in [3.05, 3.63) is 47.9 Å². The lowest BCUT2D eigenvalue weighted by molar-refractivity contribution is -0.132. The smallest absolute Gasteiger partial charge is 0.224 e. The largest absolute Gasteiger partial charge is 0.356 e. The van der Waals surface area contributed by atoms with Crippen molar-refractivity contribution in [2.24, 2.45) is 0 Å². The van der Waals surface area contributed by atoms with Gasteiger partial charge in [0.05, 0.1) is 35.2 Å². The molecule has 1 saturated heterocycles. The van der Waals surface area contributed by atoms with Crippen LogP contribution in [0.25, 0.3) is 22.4 Å². The molecular weight excluding hydrogens is 382 g/mol. The number of amides is 1. The highest BCUT2D eigenvalue weighted by molar-refractivity contribution is 5.77. The van der Waals surface area contributed by atoms with Crippen molar-refractivity contribution >= 4 is 16.9 Å². The van der Waals surface area contributed by atoms with Gasteiger partial charge in [-0.15, -0.1) is 5.10 Å². The van der Waals surface area contributed by atoms with Crippen LogP contribution in [-0.2, 0) is 11.3 Å². The zero-order valence-corrected chi connectivity index (χ0v) is 16.8. The van der Waals surface area contributed by atoms with Crippen molar-refractivity contribution in [1.82, 2.24) is 35.2 Å². The first-order chi connectivity index (χ1) is 14.7. The average molecular weight is 405 g/mol. The van der Waals surface area contributed by atoms with Crippen LogP contribution in [0.3, 0.4) is 0 Å². The number of piperidine rings is 1. The minimum atomic E-state index is 0.135. The Morgan fingerprint density at radius 3 is 3.10 bits per heavy atom. The second-order valence-electron chi connectivity index (χ2n) is 7.76. The van der Waals surface area contributed by atoms with Crippen molar-refractivity contribution in [3.63, 3.8) is 0 Å². The summed E-state index contributed by atoms with van der Waals surface area (Å²) < 4.78 is 7.22. The Morgan fingerprint density at radius 1 is 1.33 bits per heavy atom. The van der Waals surface area contributed by atoms with E-state index in [0.717, 1.165) is 47.4 Å². The van der Waals surface area contributed by atoms with Gasteiger partial charge in [-0.3, -0.25) is 9.89 Å². The zero-order valence-electron chi connectivity index (χ0n) is 16.8. The predicted octanol–water partition coefficient (Wildman–Crippen LogP) is 2.91. The normalized spacial score (nSPS) is 17.0. The molecule has 0 aliphatic carbocycles. The van der Waals surface area contributed by atoms with Crippen molar-refractivity contribution < 1.29 is 9.32 Å². The molecule has 0 unspecified atom stereocenters. The van der Waals surface area contributed by atoms with Gasteiger partial charge in [-0.1, -0.05) is 22.5 Å². The van der Waals surface area contributed by atoms with Crippen LogP contribution in [0.1, 0.15) is 36.6 Å². The summed E-state index contributed by atoms with van der Waals surface area (Å²) in [7, 11) is 0. The van der Waals surface area contributed by atoms with E-state index >= 15 is 0 Å². The van der Waals surface area contributed by atoms with Gasteiger partial charge in [-0.05, 0) is 31.9 Å². The monoisotopic (exact) mass is 405 g/mol. The van der Waals surface area contributed by atoms with Gasteiger partial charge in [0, 0.05) is 31.5 Å². The highest BCUT2D eigenvalue weighted by Crippen LogP contribution is 2.33. The van der Waals surface area contributed by atoms with Crippen LogP contribution in [0, 0.1) is 6.92 Å². The number of aryl methyl sites for hydroxylation is 2. The molecule has 0 bridgehead atoms. The first-order valence-corrected chi connectivity index (χ1v) is 10.2. The van der Waals surface area contributed by atoms with Crippen molar-refractivity contribution in [2.45, 2.75) is 38.6 Å².